The SMILES string of the molecule is CCCCCCCCc1ccc(OCCOCCOCCOS(=O)O)cc1. The summed E-state index contributed by atoms with van der Waals surface area (Å²) in [4.78, 5) is 0. The van der Waals surface area contributed by atoms with E-state index in [-0.39, 0.29) is 13.2 Å². The van der Waals surface area contributed by atoms with E-state index < -0.39 is 11.4 Å². The van der Waals surface area contributed by atoms with Crippen molar-refractivity contribution in [1.82, 2.24) is 0 Å². The van der Waals surface area contributed by atoms with Gasteiger partial charge in [-0.3, -0.25) is 8.74 Å². The lowest BCUT2D eigenvalue weighted by atomic mass is 10.0. The van der Waals surface area contributed by atoms with Crippen molar-refractivity contribution in [1.29, 1.82) is 0 Å². The summed E-state index contributed by atoms with van der Waals surface area (Å²) in [5.41, 5.74) is 1.36. The predicted molar refractivity (Wildman–Crippen MR) is 107 cm³/mol. The molecule has 0 spiro atoms. The van der Waals surface area contributed by atoms with Gasteiger partial charge in [-0.1, -0.05) is 51.2 Å². The fourth-order valence-electron chi connectivity index (χ4n) is 2.57. The Morgan fingerprint density at radius 1 is 0.815 bits per heavy atom. The number of aryl methyl sites for hydroxylation is 1. The van der Waals surface area contributed by atoms with Gasteiger partial charge in [0.15, 0.2) is 0 Å². The molecule has 27 heavy (non-hydrogen) atoms. The van der Waals surface area contributed by atoms with Crippen LogP contribution in [0.15, 0.2) is 24.3 Å². The first-order chi connectivity index (χ1) is 13.2. The molecule has 6 nitrogen and oxygen atoms in total. The lowest BCUT2D eigenvalue weighted by Crippen LogP contribution is -2.13. The third-order valence-corrected chi connectivity index (χ3v) is 4.39. The number of hydrogen-bond acceptors (Lipinski definition) is 5. The molecule has 0 aliphatic rings. The molecule has 0 amide bonds. The number of rotatable bonds is 18. The van der Waals surface area contributed by atoms with Crippen LogP contribution in [0.2, 0.25) is 0 Å². The van der Waals surface area contributed by atoms with Crippen LogP contribution in [0, 0.1) is 0 Å². The van der Waals surface area contributed by atoms with Gasteiger partial charge >= 0.3 is 11.4 Å². The number of hydrogen-bond donors (Lipinski definition) is 1. The average molecular weight is 403 g/mol. The molecule has 0 heterocycles. The molecule has 0 bridgehead atoms. The van der Waals surface area contributed by atoms with Crippen molar-refractivity contribution in [2.24, 2.45) is 0 Å². The normalized spacial score (nSPS) is 12.2. The molecule has 7 heteroatoms. The first-order valence-corrected chi connectivity index (χ1v) is 10.9. The van der Waals surface area contributed by atoms with Crippen LogP contribution < -0.4 is 4.74 Å². The highest BCUT2D eigenvalue weighted by molar-refractivity contribution is 7.74. The van der Waals surface area contributed by atoms with E-state index in [9.17, 15) is 4.21 Å². The first-order valence-electron chi connectivity index (χ1n) is 9.83. The van der Waals surface area contributed by atoms with Crippen molar-refractivity contribution in [3.63, 3.8) is 0 Å². The molecule has 1 N–H and O–H groups in total. The standard InChI is InChI=1S/C20H34O6S/c1-2-3-4-5-6-7-8-19-9-11-20(12-10-19)25-17-15-23-13-14-24-16-18-26-27(21)22/h9-12H,2-8,13-18H2,1H3,(H,21,22). The van der Waals surface area contributed by atoms with Gasteiger partial charge in [0.25, 0.3) is 0 Å². The summed E-state index contributed by atoms with van der Waals surface area (Å²) in [7, 11) is 0. The fourth-order valence-corrected chi connectivity index (χ4v) is 2.78. The zero-order valence-electron chi connectivity index (χ0n) is 16.4. The van der Waals surface area contributed by atoms with E-state index in [2.05, 4.69) is 23.2 Å². The van der Waals surface area contributed by atoms with Gasteiger partial charge in [-0.2, -0.15) is 4.21 Å². The van der Waals surface area contributed by atoms with Crippen molar-refractivity contribution in [2.75, 3.05) is 39.6 Å². The molecule has 1 aromatic rings. The Morgan fingerprint density at radius 2 is 1.41 bits per heavy atom. The molecule has 0 aliphatic heterocycles. The molecule has 156 valence electrons. The molecule has 0 saturated heterocycles. The molecule has 1 aromatic carbocycles. The molecule has 0 aliphatic carbocycles. The van der Waals surface area contributed by atoms with E-state index in [4.69, 9.17) is 18.8 Å². The first kappa shape index (κ1) is 24.0. The molecule has 1 rings (SSSR count). The lowest BCUT2D eigenvalue weighted by Gasteiger charge is -2.08. The number of unbranched alkanes of at least 4 members (excludes halogenated alkanes) is 5. The summed E-state index contributed by atoms with van der Waals surface area (Å²) in [6.07, 6.45) is 9.05. The van der Waals surface area contributed by atoms with Gasteiger partial charge in [0.1, 0.15) is 12.4 Å². The minimum absolute atomic E-state index is 0.0844. The maximum Gasteiger partial charge on any atom is 0.301 e. The Kier molecular flexibility index (Phi) is 15.3. The molecular weight excluding hydrogens is 368 g/mol. The zero-order chi connectivity index (χ0) is 19.6. The minimum Gasteiger partial charge on any atom is -0.491 e. The van der Waals surface area contributed by atoms with Crippen LogP contribution in [0.4, 0.5) is 0 Å². The van der Waals surface area contributed by atoms with Gasteiger partial charge in [-0.05, 0) is 30.5 Å². The minimum atomic E-state index is -2.23. The summed E-state index contributed by atoms with van der Waals surface area (Å²) in [5, 5.41) is 0. The Bertz CT molecular complexity index is 480. The van der Waals surface area contributed by atoms with Crippen molar-refractivity contribution >= 4 is 11.4 Å². The van der Waals surface area contributed by atoms with E-state index >= 15 is 0 Å². The zero-order valence-corrected chi connectivity index (χ0v) is 17.2. The highest BCUT2D eigenvalue weighted by atomic mass is 32.2. The van der Waals surface area contributed by atoms with Crippen LogP contribution in [0.1, 0.15) is 51.0 Å². The van der Waals surface area contributed by atoms with Crippen LogP contribution in [0.5, 0.6) is 5.75 Å². The highest BCUT2D eigenvalue weighted by Crippen LogP contribution is 2.15. The van der Waals surface area contributed by atoms with Gasteiger partial charge in [-0.15, -0.1) is 0 Å². The maximum atomic E-state index is 10.2. The quantitative estimate of drug-likeness (QED) is 0.294. The third-order valence-electron chi connectivity index (χ3n) is 4.02. The highest BCUT2D eigenvalue weighted by Gasteiger charge is 1.98. The van der Waals surface area contributed by atoms with Crippen molar-refractivity contribution in [2.45, 2.75) is 51.9 Å². The van der Waals surface area contributed by atoms with Gasteiger partial charge in [-0.25, -0.2) is 0 Å². The smallest absolute Gasteiger partial charge is 0.301 e. The van der Waals surface area contributed by atoms with E-state index in [1.807, 2.05) is 12.1 Å². The van der Waals surface area contributed by atoms with Crippen molar-refractivity contribution in [3.05, 3.63) is 29.8 Å². The topological polar surface area (TPSA) is 74.2 Å². The average Bonchev–Trinajstić information content (AvgIpc) is 2.67. The summed E-state index contributed by atoms with van der Waals surface area (Å²) in [5.74, 6) is 0.857. The van der Waals surface area contributed by atoms with Gasteiger partial charge in [0, 0.05) is 0 Å². The van der Waals surface area contributed by atoms with Crippen LogP contribution in [-0.2, 0) is 31.4 Å². The van der Waals surface area contributed by atoms with Crippen LogP contribution in [0.25, 0.3) is 0 Å². The van der Waals surface area contributed by atoms with E-state index in [0.717, 1.165) is 12.2 Å². The van der Waals surface area contributed by atoms with Crippen LogP contribution in [0.3, 0.4) is 0 Å². The van der Waals surface area contributed by atoms with E-state index in [0.29, 0.717) is 26.4 Å². The van der Waals surface area contributed by atoms with Gasteiger partial charge in [0.05, 0.1) is 33.0 Å². The Balaban J connectivity index is 1.96. The van der Waals surface area contributed by atoms with Gasteiger partial charge in [0.2, 0.25) is 0 Å². The summed E-state index contributed by atoms with van der Waals surface area (Å²) >= 11 is -2.23. The monoisotopic (exact) mass is 402 g/mol. The third kappa shape index (κ3) is 14.7. The number of benzene rings is 1. The molecular formula is C20H34O6S. The Labute approximate surface area is 166 Å². The summed E-state index contributed by atoms with van der Waals surface area (Å²) in [6, 6.07) is 8.30. The Hall–Kier alpha value is -0.990. The van der Waals surface area contributed by atoms with E-state index in [1.165, 1.54) is 44.1 Å². The maximum absolute atomic E-state index is 10.2. The molecule has 1 atom stereocenters. The van der Waals surface area contributed by atoms with E-state index in [1.54, 1.807) is 0 Å². The molecule has 1 unspecified atom stereocenters. The molecule has 0 saturated carbocycles. The van der Waals surface area contributed by atoms with Crippen LogP contribution >= 0.6 is 0 Å². The summed E-state index contributed by atoms with van der Waals surface area (Å²) < 4.78 is 39.3. The fraction of sp³-hybridized carbons (Fsp3) is 0.700. The number of ether oxygens (including phenoxy) is 3. The second kappa shape index (κ2) is 17.1. The summed E-state index contributed by atoms with van der Waals surface area (Å²) in [6.45, 7) is 4.42. The predicted octanol–water partition coefficient (Wildman–Crippen LogP) is 4.15. The molecule has 0 radical (unpaired) electrons. The molecule has 0 aromatic heterocycles. The Morgan fingerprint density at radius 3 is 2.07 bits per heavy atom. The second-order valence-corrected chi connectivity index (χ2v) is 6.94. The molecule has 0 fully saturated rings. The van der Waals surface area contributed by atoms with Crippen molar-refractivity contribution in [3.8, 4) is 5.75 Å². The van der Waals surface area contributed by atoms with Crippen molar-refractivity contribution < 1.29 is 27.2 Å². The van der Waals surface area contributed by atoms with Crippen LogP contribution in [-0.4, -0.2) is 48.4 Å². The second-order valence-electron chi connectivity index (χ2n) is 6.27. The van der Waals surface area contributed by atoms with Gasteiger partial charge < -0.3 is 14.2 Å². The largest absolute Gasteiger partial charge is 0.491 e. The lowest BCUT2D eigenvalue weighted by molar-refractivity contribution is 0.0278.